The molecule has 0 bridgehead atoms. The first-order valence-electron chi connectivity index (χ1n) is 6.04. The van der Waals surface area contributed by atoms with Crippen LogP contribution in [0.5, 0.6) is 0 Å². The van der Waals surface area contributed by atoms with E-state index in [9.17, 15) is 18.0 Å². The molecule has 0 saturated carbocycles. The maximum Gasteiger partial charge on any atom is 0.307 e. The molecule has 2 N–H and O–H groups in total. The van der Waals surface area contributed by atoms with E-state index in [0.717, 1.165) is 6.26 Å². The lowest BCUT2D eigenvalue weighted by Gasteiger charge is -2.05. The summed E-state index contributed by atoms with van der Waals surface area (Å²) in [5.41, 5.74) is 1.20. The topological polar surface area (TPSA) is 101 Å². The lowest BCUT2D eigenvalue weighted by molar-refractivity contribution is -0.136. The van der Waals surface area contributed by atoms with Crippen LogP contribution >= 0.6 is 0 Å². The van der Waals surface area contributed by atoms with Crippen molar-refractivity contribution in [2.75, 3.05) is 17.3 Å². The fraction of sp³-hybridized carbons (Fsp3) is 0.385. The fourth-order valence-corrected chi connectivity index (χ4v) is 2.27. The summed E-state index contributed by atoms with van der Waals surface area (Å²) in [6.07, 6.45) is 1.47. The van der Waals surface area contributed by atoms with Gasteiger partial charge in [-0.3, -0.25) is 9.59 Å². The monoisotopic (exact) mass is 299 g/mol. The molecule has 0 heterocycles. The van der Waals surface area contributed by atoms with Crippen LogP contribution in [0.1, 0.15) is 18.4 Å². The van der Waals surface area contributed by atoms with Gasteiger partial charge in [-0.1, -0.05) is 12.1 Å². The maximum atomic E-state index is 11.6. The molecule has 1 aromatic carbocycles. The molecule has 0 saturated heterocycles. The number of aliphatic carboxylic acids is 1. The predicted molar refractivity (Wildman–Crippen MR) is 75.4 cm³/mol. The molecular formula is C13H17NO5S. The minimum atomic E-state index is -3.05. The number of amides is 1. The standard InChI is InChI=1S/C13H17NO5S/c1-20(18,19)8-2-3-12(15)14-11-6-4-10(5-7-11)9-13(16)17/h4-7H,2-3,8-9H2,1H3,(H,14,15)(H,16,17). The summed E-state index contributed by atoms with van der Waals surface area (Å²) in [6, 6.07) is 6.49. The van der Waals surface area contributed by atoms with E-state index in [1.165, 1.54) is 0 Å². The third-order valence-electron chi connectivity index (χ3n) is 2.51. The highest BCUT2D eigenvalue weighted by molar-refractivity contribution is 7.90. The van der Waals surface area contributed by atoms with Crippen molar-refractivity contribution in [1.82, 2.24) is 0 Å². The van der Waals surface area contributed by atoms with Crippen LogP contribution in [0.2, 0.25) is 0 Å². The summed E-state index contributed by atoms with van der Waals surface area (Å²) in [7, 11) is -3.05. The number of carboxylic acid groups (broad SMARTS) is 1. The molecule has 0 unspecified atom stereocenters. The van der Waals surface area contributed by atoms with Crippen LogP contribution in [0.25, 0.3) is 0 Å². The van der Waals surface area contributed by atoms with Crippen molar-refractivity contribution in [3.8, 4) is 0 Å². The van der Waals surface area contributed by atoms with Gasteiger partial charge >= 0.3 is 5.97 Å². The maximum absolute atomic E-state index is 11.6. The van der Waals surface area contributed by atoms with Gasteiger partial charge in [0.15, 0.2) is 0 Å². The SMILES string of the molecule is CS(=O)(=O)CCCC(=O)Nc1ccc(CC(=O)O)cc1. The van der Waals surface area contributed by atoms with Crippen molar-refractivity contribution < 1.29 is 23.1 Å². The molecule has 110 valence electrons. The third-order valence-corrected chi connectivity index (χ3v) is 3.54. The second kappa shape index (κ2) is 7.04. The number of hydrogen-bond acceptors (Lipinski definition) is 4. The molecule has 0 atom stereocenters. The van der Waals surface area contributed by atoms with Crippen LogP contribution in [-0.4, -0.2) is 37.4 Å². The van der Waals surface area contributed by atoms with Crippen LogP contribution in [0.3, 0.4) is 0 Å². The molecular weight excluding hydrogens is 282 g/mol. The van der Waals surface area contributed by atoms with Crippen molar-refractivity contribution in [2.45, 2.75) is 19.3 Å². The number of hydrogen-bond donors (Lipinski definition) is 2. The van der Waals surface area contributed by atoms with Crippen molar-refractivity contribution in [3.63, 3.8) is 0 Å². The van der Waals surface area contributed by atoms with Crippen molar-refractivity contribution in [2.24, 2.45) is 0 Å². The Labute approximate surface area is 117 Å². The highest BCUT2D eigenvalue weighted by Gasteiger charge is 2.07. The van der Waals surface area contributed by atoms with E-state index < -0.39 is 15.8 Å². The number of carbonyl (C=O) groups is 2. The fourth-order valence-electron chi connectivity index (χ4n) is 1.60. The van der Waals surface area contributed by atoms with E-state index in [0.29, 0.717) is 11.3 Å². The van der Waals surface area contributed by atoms with Gasteiger partial charge in [0.25, 0.3) is 0 Å². The average Bonchev–Trinajstić information content (AvgIpc) is 2.29. The van der Waals surface area contributed by atoms with Gasteiger partial charge in [-0.15, -0.1) is 0 Å². The molecule has 0 radical (unpaired) electrons. The van der Waals surface area contributed by atoms with Crippen LogP contribution in [0, 0.1) is 0 Å². The molecule has 1 rings (SSSR count). The molecule has 0 fully saturated rings. The molecule has 20 heavy (non-hydrogen) atoms. The van der Waals surface area contributed by atoms with Gasteiger partial charge in [0, 0.05) is 18.4 Å². The number of sulfone groups is 1. The van der Waals surface area contributed by atoms with E-state index in [4.69, 9.17) is 5.11 Å². The Kier molecular flexibility index (Phi) is 5.69. The summed E-state index contributed by atoms with van der Waals surface area (Å²) in [4.78, 5) is 22.1. The predicted octanol–water partition coefficient (Wildman–Crippen LogP) is 1.08. The smallest absolute Gasteiger partial charge is 0.307 e. The lowest BCUT2D eigenvalue weighted by Crippen LogP contribution is -2.13. The Balaban J connectivity index is 2.44. The van der Waals surface area contributed by atoms with E-state index in [1.807, 2.05) is 0 Å². The van der Waals surface area contributed by atoms with Gasteiger partial charge in [-0.2, -0.15) is 0 Å². The number of anilines is 1. The first-order valence-corrected chi connectivity index (χ1v) is 8.10. The molecule has 1 amide bonds. The quantitative estimate of drug-likeness (QED) is 0.784. The molecule has 0 aliphatic rings. The Hall–Kier alpha value is -1.89. The average molecular weight is 299 g/mol. The Morgan fingerprint density at radius 1 is 1.20 bits per heavy atom. The second-order valence-electron chi connectivity index (χ2n) is 4.55. The van der Waals surface area contributed by atoms with Gasteiger partial charge in [0.05, 0.1) is 12.2 Å². The van der Waals surface area contributed by atoms with Crippen molar-refractivity contribution in [3.05, 3.63) is 29.8 Å². The van der Waals surface area contributed by atoms with Gasteiger partial charge in [-0.05, 0) is 24.1 Å². The number of rotatable bonds is 7. The van der Waals surface area contributed by atoms with Crippen molar-refractivity contribution >= 4 is 27.4 Å². The Bertz CT molecular complexity index is 577. The second-order valence-corrected chi connectivity index (χ2v) is 6.81. The van der Waals surface area contributed by atoms with E-state index in [1.54, 1.807) is 24.3 Å². The first-order chi connectivity index (χ1) is 9.26. The molecule has 1 aromatic rings. The number of benzene rings is 1. The third kappa shape index (κ3) is 6.89. The highest BCUT2D eigenvalue weighted by Crippen LogP contribution is 2.11. The van der Waals surface area contributed by atoms with Crippen LogP contribution in [-0.2, 0) is 25.8 Å². The van der Waals surface area contributed by atoms with Crippen LogP contribution in [0.15, 0.2) is 24.3 Å². The minimum absolute atomic E-state index is 0.0159. The number of carbonyl (C=O) groups excluding carboxylic acids is 1. The zero-order chi connectivity index (χ0) is 15.2. The zero-order valence-corrected chi connectivity index (χ0v) is 11.9. The number of nitrogens with one attached hydrogen (secondary N) is 1. The summed E-state index contributed by atoms with van der Waals surface area (Å²) >= 11 is 0. The lowest BCUT2D eigenvalue weighted by atomic mass is 10.1. The highest BCUT2D eigenvalue weighted by atomic mass is 32.2. The zero-order valence-electron chi connectivity index (χ0n) is 11.1. The molecule has 6 nitrogen and oxygen atoms in total. The summed E-state index contributed by atoms with van der Waals surface area (Å²) in [5, 5.41) is 11.3. The van der Waals surface area contributed by atoms with E-state index in [-0.39, 0.29) is 30.9 Å². The summed E-state index contributed by atoms with van der Waals surface area (Å²) < 4.78 is 21.8. The molecule has 0 aromatic heterocycles. The number of carboxylic acids is 1. The normalized spacial score (nSPS) is 11.1. The summed E-state index contributed by atoms with van der Waals surface area (Å²) in [6.45, 7) is 0. The Morgan fingerprint density at radius 3 is 2.30 bits per heavy atom. The first kappa shape index (κ1) is 16.2. The van der Waals surface area contributed by atoms with E-state index in [2.05, 4.69) is 5.32 Å². The van der Waals surface area contributed by atoms with Gasteiger partial charge in [0.2, 0.25) is 5.91 Å². The molecule has 0 aliphatic carbocycles. The molecule has 7 heteroatoms. The van der Waals surface area contributed by atoms with Gasteiger partial charge in [0.1, 0.15) is 9.84 Å². The van der Waals surface area contributed by atoms with E-state index >= 15 is 0 Å². The molecule has 0 aliphatic heterocycles. The summed E-state index contributed by atoms with van der Waals surface area (Å²) in [5.74, 6) is -1.19. The van der Waals surface area contributed by atoms with Crippen LogP contribution in [0.4, 0.5) is 5.69 Å². The van der Waals surface area contributed by atoms with Crippen LogP contribution < -0.4 is 5.32 Å². The van der Waals surface area contributed by atoms with Crippen molar-refractivity contribution in [1.29, 1.82) is 0 Å². The Morgan fingerprint density at radius 2 is 1.80 bits per heavy atom. The molecule has 0 spiro atoms. The van der Waals surface area contributed by atoms with Gasteiger partial charge in [-0.25, -0.2) is 8.42 Å². The largest absolute Gasteiger partial charge is 0.481 e. The van der Waals surface area contributed by atoms with Gasteiger partial charge < -0.3 is 10.4 Å². The minimum Gasteiger partial charge on any atom is -0.481 e.